The summed E-state index contributed by atoms with van der Waals surface area (Å²) in [5.41, 5.74) is 0.481. The van der Waals surface area contributed by atoms with Crippen LogP contribution in [0.3, 0.4) is 0 Å². The minimum atomic E-state index is -0.339. The van der Waals surface area contributed by atoms with E-state index in [-0.39, 0.29) is 24.4 Å². The Kier molecular flexibility index (Phi) is 8.79. The molecule has 1 amide bonds. The van der Waals surface area contributed by atoms with Gasteiger partial charge < -0.3 is 14.4 Å². The van der Waals surface area contributed by atoms with Crippen molar-refractivity contribution in [1.29, 1.82) is 0 Å². The molecule has 0 aliphatic carbocycles. The van der Waals surface area contributed by atoms with Crippen LogP contribution in [0.25, 0.3) is 0 Å². The van der Waals surface area contributed by atoms with E-state index in [4.69, 9.17) is 4.74 Å². The van der Waals surface area contributed by atoms with Gasteiger partial charge in [0.15, 0.2) is 0 Å². The third-order valence-corrected chi connectivity index (χ3v) is 3.51. The van der Waals surface area contributed by atoms with E-state index in [1.807, 2.05) is 13.8 Å². The minimum absolute atomic E-state index is 0.156. The maximum Gasteiger partial charge on any atom is 0.307 e. The molecule has 1 heterocycles. The van der Waals surface area contributed by atoms with Crippen molar-refractivity contribution < 1.29 is 19.1 Å². The highest BCUT2D eigenvalue weighted by Gasteiger charge is 2.17. The fourth-order valence-corrected chi connectivity index (χ4v) is 2.29. The highest BCUT2D eigenvalue weighted by atomic mass is 79.9. The van der Waals surface area contributed by atoms with Crippen molar-refractivity contribution in [2.45, 2.75) is 32.8 Å². The number of pyridine rings is 1. The molecule has 0 radical (unpaired) electrons. The quantitative estimate of drug-likeness (QED) is 0.481. The van der Waals surface area contributed by atoms with Crippen LogP contribution in [0.5, 0.6) is 0 Å². The topological polar surface area (TPSA) is 68.7 Å². The summed E-state index contributed by atoms with van der Waals surface area (Å²) in [7, 11) is 1.34. The van der Waals surface area contributed by atoms with Crippen molar-refractivity contribution >= 4 is 27.8 Å². The first-order valence-corrected chi connectivity index (χ1v) is 8.31. The lowest BCUT2D eigenvalue weighted by Gasteiger charge is -2.22. The predicted molar refractivity (Wildman–Crippen MR) is 90.2 cm³/mol. The Morgan fingerprint density at radius 2 is 2.04 bits per heavy atom. The third kappa shape index (κ3) is 7.56. The van der Waals surface area contributed by atoms with Gasteiger partial charge in [0.2, 0.25) is 0 Å². The number of hydrogen-bond donors (Lipinski definition) is 0. The van der Waals surface area contributed by atoms with Gasteiger partial charge in [0.25, 0.3) is 5.91 Å². The minimum Gasteiger partial charge on any atom is -0.469 e. The summed E-state index contributed by atoms with van der Waals surface area (Å²) in [4.78, 5) is 29.6. The number of carbonyl (C=O) groups is 2. The van der Waals surface area contributed by atoms with E-state index in [2.05, 4.69) is 25.7 Å². The largest absolute Gasteiger partial charge is 0.469 e. The molecule has 6 nitrogen and oxygen atoms in total. The lowest BCUT2D eigenvalue weighted by atomic mass is 10.2. The van der Waals surface area contributed by atoms with E-state index >= 15 is 0 Å². The fourth-order valence-electron chi connectivity index (χ4n) is 1.93. The smallest absolute Gasteiger partial charge is 0.307 e. The van der Waals surface area contributed by atoms with Gasteiger partial charge in [-0.15, -0.1) is 0 Å². The number of nitrogens with zero attached hydrogens (tertiary/aromatic N) is 2. The molecule has 0 aromatic carbocycles. The average molecular weight is 387 g/mol. The highest BCUT2D eigenvalue weighted by Crippen LogP contribution is 2.12. The average Bonchev–Trinajstić information content (AvgIpc) is 2.52. The highest BCUT2D eigenvalue weighted by molar-refractivity contribution is 9.10. The van der Waals surface area contributed by atoms with Crippen LogP contribution in [0.2, 0.25) is 0 Å². The van der Waals surface area contributed by atoms with Gasteiger partial charge in [0.1, 0.15) is 0 Å². The number of rotatable bonds is 9. The lowest BCUT2D eigenvalue weighted by molar-refractivity contribution is -0.140. The van der Waals surface area contributed by atoms with E-state index in [1.54, 1.807) is 17.2 Å². The molecule has 7 heteroatoms. The molecule has 1 rings (SSSR count). The summed E-state index contributed by atoms with van der Waals surface area (Å²) in [6, 6.07) is 1.71. The molecule has 0 spiro atoms. The summed E-state index contributed by atoms with van der Waals surface area (Å²) in [5, 5.41) is 0. The van der Waals surface area contributed by atoms with Crippen molar-refractivity contribution in [3.05, 3.63) is 28.5 Å². The van der Waals surface area contributed by atoms with E-state index < -0.39 is 0 Å². The van der Waals surface area contributed by atoms with E-state index in [9.17, 15) is 9.59 Å². The SMILES string of the molecule is COC(=O)CCN(CCCOC(C)C)C(=O)c1cncc(Br)c1. The first-order chi connectivity index (χ1) is 10.9. The molecule has 0 aliphatic heterocycles. The summed E-state index contributed by atoms with van der Waals surface area (Å²) in [6.07, 6.45) is 4.15. The van der Waals surface area contributed by atoms with E-state index in [1.165, 1.54) is 13.3 Å². The molecular weight excluding hydrogens is 364 g/mol. The molecular formula is C16H23BrN2O4. The van der Waals surface area contributed by atoms with Crippen LogP contribution in [0.15, 0.2) is 22.9 Å². The van der Waals surface area contributed by atoms with Gasteiger partial charge in [-0.05, 0) is 42.3 Å². The summed E-state index contributed by atoms with van der Waals surface area (Å²) >= 11 is 3.31. The molecule has 0 bridgehead atoms. The number of hydrogen-bond acceptors (Lipinski definition) is 5. The maximum atomic E-state index is 12.6. The Labute approximate surface area is 145 Å². The third-order valence-electron chi connectivity index (χ3n) is 3.08. The second-order valence-electron chi connectivity index (χ2n) is 5.28. The zero-order chi connectivity index (χ0) is 17.2. The predicted octanol–water partition coefficient (Wildman–Crippen LogP) is 2.66. The van der Waals surface area contributed by atoms with Crippen molar-refractivity contribution in [3.8, 4) is 0 Å². The second kappa shape index (κ2) is 10.3. The Morgan fingerprint density at radius 3 is 2.65 bits per heavy atom. The van der Waals surface area contributed by atoms with Gasteiger partial charge in [-0.25, -0.2) is 0 Å². The molecule has 0 atom stereocenters. The van der Waals surface area contributed by atoms with E-state index in [0.717, 1.165) is 4.47 Å². The summed E-state index contributed by atoms with van der Waals surface area (Å²) in [6.45, 7) is 5.31. The first-order valence-electron chi connectivity index (χ1n) is 7.52. The zero-order valence-corrected chi connectivity index (χ0v) is 15.3. The zero-order valence-electron chi connectivity index (χ0n) is 13.8. The molecule has 0 saturated heterocycles. The van der Waals surface area contributed by atoms with Gasteiger partial charge in [-0.2, -0.15) is 0 Å². The van der Waals surface area contributed by atoms with Crippen LogP contribution in [-0.2, 0) is 14.3 Å². The Bertz CT molecular complexity index is 523. The van der Waals surface area contributed by atoms with Gasteiger partial charge in [0, 0.05) is 36.6 Å². The summed E-state index contributed by atoms with van der Waals surface area (Å²) < 4.78 is 10.9. The number of halogens is 1. The second-order valence-corrected chi connectivity index (χ2v) is 6.20. The molecule has 0 unspecified atom stereocenters. The van der Waals surface area contributed by atoms with Crippen LogP contribution >= 0.6 is 15.9 Å². The maximum absolute atomic E-state index is 12.6. The van der Waals surface area contributed by atoms with Crippen molar-refractivity contribution in [2.24, 2.45) is 0 Å². The molecule has 1 aromatic rings. The molecule has 0 aliphatic rings. The lowest BCUT2D eigenvalue weighted by Crippen LogP contribution is -2.34. The monoisotopic (exact) mass is 386 g/mol. The normalized spacial score (nSPS) is 10.7. The molecule has 23 heavy (non-hydrogen) atoms. The van der Waals surface area contributed by atoms with E-state index in [0.29, 0.717) is 31.7 Å². The van der Waals surface area contributed by atoms with Gasteiger partial charge >= 0.3 is 5.97 Å². The summed E-state index contributed by atoms with van der Waals surface area (Å²) in [5.74, 6) is -0.499. The van der Waals surface area contributed by atoms with Gasteiger partial charge in [0.05, 0.1) is 25.2 Å². The molecule has 1 aromatic heterocycles. The molecule has 0 saturated carbocycles. The van der Waals surface area contributed by atoms with Crippen LogP contribution < -0.4 is 0 Å². The fraction of sp³-hybridized carbons (Fsp3) is 0.562. The van der Waals surface area contributed by atoms with Crippen LogP contribution in [0.1, 0.15) is 37.0 Å². The standard InChI is InChI=1S/C16H23BrN2O4/c1-12(2)23-8-4-6-19(7-5-15(20)22-3)16(21)13-9-14(17)11-18-10-13/h9-12H,4-8H2,1-3H3. The number of carbonyl (C=O) groups excluding carboxylic acids is 2. The van der Waals surface area contributed by atoms with Crippen molar-refractivity contribution in [1.82, 2.24) is 9.88 Å². The van der Waals surface area contributed by atoms with Crippen LogP contribution in [0.4, 0.5) is 0 Å². The van der Waals surface area contributed by atoms with Gasteiger partial charge in [-0.1, -0.05) is 0 Å². The molecule has 128 valence electrons. The van der Waals surface area contributed by atoms with Crippen molar-refractivity contribution in [3.63, 3.8) is 0 Å². The Balaban J connectivity index is 2.68. The number of ether oxygens (including phenoxy) is 2. The number of methoxy groups -OCH3 is 1. The first kappa shape index (κ1) is 19.6. The van der Waals surface area contributed by atoms with Crippen LogP contribution in [-0.4, -0.2) is 54.7 Å². The van der Waals surface area contributed by atoms with Gasteiger partial charge in [-0.3, -0.25) is 14.6 Å². The van der Waals surface area contributed by atoms with Crippen molar-refractivity contribution in [2.75, 3.05) is 26.8 Å². The Hall–Kier alpha value is -1.47. The Morgan fingerprint density at radius 1 is 1.30 bits per heavy atom. The molecule has 0 fully saturated rings. The number of aromatic nitrogens is 1. The number of amides is 1. The number of esters is 1. The van der Waals surface area contributed by atoms with Crippen LogP contribution in [0, 0.1) is 0 Å². The molecule has 0 N–H and O–H groups in total.